The summed E-state index contributed by atoms with van der Waals surface area (Å²) in [5, 5.41) is 0.511. The van der Waals surface area contributed by atoms with Crippen LogP contribution in [0.5, 0.6) is 0 Å². The lowest BCUT2D eigenvalue weighted by Crippen LogP contribution is -2.41. The van der Waals surface area contributed by atoms with Gasteiger partial charge in [0.05, 0.1) is 4.90 Å². The highest BCUT2D eigenvalue weighted by Gasteiger charge is 2.36. The minimum absolute atomic E-state index is 0.0409. The molecule has 0 radical (unpaired) electrons. The standard InChI is InChI=1S/C21H17Cl2FN2O3S/c22-16-8-10-18(11-9-16)30(28,29)26(13-15-6-7-17(23)12-19(15)24)20(21(25)27)14-4-2-1-3-5-14/h1-12,20H,13H2,(H2,25,27)/t20-/m1/s1. The first kappa shape index (κ1) is 22.2. The van der Waals surface area contributed by atoms with E-state index in [4.69, 9.17) is 28.9 Å². The van der Waals surface area contributed by atoms with Crippen molar-refractivity contribution < 1.29 is 17.6 Å². The highest BCUT2D eigenvalue weighted by molar-refractivity contribution is 7.89. The first-order chi connectivity index (χ1) is 14.2. The molecule has 30 heavy (non-hydrogen) atoms. The van der Waals surface area contributed by atoms with Gasteiger partial charge in [-0.1, -0.05) is 59.6 Å². The zero-order chi connectivity index (χ0) is 21.9. The van der Waals surface area contributed by atoms with Crippen LogP contribution >= 0.6 is 23.2 Å². The lowest BCUT2D eigenvalue weighted by Gasteiger charge is -2.29. The van der Waals surface area contributed by atoms with Gasteiger partial charge < -0.3 is 5.73 Å². The van der Waals surface area contributed by atoms with Crippen molar-refractivity contribution in [1.29, 1.82) is 0 Å². The molecule has 0 aliphatic heterocycles. The Kier molecular flexibility index (Phi) is 6.77. The molecule has 5 nitrogen and oxygen atoms in total. The van der Waals surface area contributed by atoms with Crippen molar-refractivity contribution in [2.24, 2.45) is 5.73 Å². The molecule has 0 heterocycles. The van der Waals surface area contributed by atoms with E-state index in [1.165, 1.54) is 36.4 Å². The maximum absolute atomic E-state index is 14.5. The number of primary amides is 1. The average Bonchev–Trinajstić information content (AvgIpc) is 2.70. The van der Waals surface area contributed by atoms with Gasteiger partial charge in [-0.15, -0.1) is 0 Å². The molecule has 9 heteroatoms. The predicted molar refractivity (Wildman–Crippen MR) is 114 cm³/mol. The molecule has 0 unspecified atom stereocenters. The van der Waals surface area contributed by atoms with E-state index in [0.717, 1.165) is 10.4 Å². The minimum atomic E-state index is -4.26. The van der Waals surface area contributed by atoms with Gasteiger partial charge >= 0.3 is 0 Å². The van der Waals surface area contributed by atoms with Crippen LogP contribution in [-0.4, -0.2) is 18.6 Å². The molecule has 3 rings (SSSR count). The number of hydrogen-bond acceptors (Lipinski definition) is 3. The number of carbonyl (C=O) groups is 1. The van der Waals surface area contributed by atoms with Crippen LogP contribution in [0.2, 0.25) is 10.0 Å². The van der Waals surface area contributed by atoms with Gasteiger partial charge in [0.25, 0.3) is 0 Å². The second-order valence-corrected chi connectivity index (χ2v) is 9.22. The van der Waals surface area contributed by atoms with Crippen LogP contribution in [0, 0.1) is 5.82 Å². The molecule has 0 aromatic heterocycles. The molecule has 1 amide bonds. The molecule has 0 saturated heterocycles. The van der Waals surface area contributed by atoms with Gasteiger partial charge in [-0.05, 0) is 42.0 Å². The third-order valence-electron chi connectivity index (χ3n) is 4.43. The Morgan fingerprint density at radius 1 is 0.967 bits per heavy atom. The molecule has 0 bridgehead atoms. The van der Waals surface area contributed by atoms with Crippen LogP contribution in [0.4, 0.5) is 4.39 Å². The molecule has 0 aliphatic rings. The average molecular weight is 467 g/mol. The van der Waals surface area contributed by atoms with E-state index < -0.39 is 34.3 Å². The molecular weight excluding hydrogens is 450 g/mol. The Labute approximate surface area is 183 Å². The fraction of sp³-hybridized carbons (Fsp3) is 0.0952. The normalized spacial score (nSPS) is 12.7. The second kappa shape index (κ2) is 9.14. The highest BCUT2D eigenvalue weighted by Crippen LogP contribution is 2.31. The maximum atomic E-state index is 14.5. The molecule has 3 aromatic carbocycles. The third-order valence-corrected chi connectivity index (χ3v) is 6.75. The van der Waals surface area contributed by atoms with Crippen LogP contribution < -0.4 is 5.73 Å². The van der Waals surface area contributed by atoms with E-state index in [-0.39, 0.29) is 15.5 Å². The van der Waals surface area contributed by atoms with Gasteiger partial charge in [-0.2, -0.15) is 4.31 Å². The zero-order valence-corrected chi connectivity index (χ0v) is 17.8. The van der Waals surface area contributed by atoms with Crippen molar-refractivity contribution in [1.82, 2.24) is 4.31 Å². The molecular formula is C21H17Cl2FN2O3S. The lowest BCUT2D eigenvalue weighted by molar-refractivity contribution is -0.122. The number of rotatable bonds is 7. The predicted octanol–water partition coefficient (Wildman–Crippen LogP) is 4.55. The molecule has 156 valence electrons. The summed E-state index contributed by atoms with van der Waals surface area (Å²) in [6.45, 7) is -0.434. The number of hydrogen-bond donors (Lipinski definition) is 1. The number of halogens is 3. The van der Waals surface area contributed by atoms with Gasteiger partial charge in [-0.25, -0.2) is 12.8 Å². The van der Waals surface area contributed by atoms with E-state index in [1.807, 2.05) is 0 Å². The Hall–Kier alpha value is -2.45. The first-order valence-corrected chi connectivity index (χ1v) is 11.0. The van der Waals surface area contributed by atoms with Crippen LogP contribution in [0.1, 0.15) is 17.2 Å². The highest BCUT2D eigenvalue weighted by atomic mass is 35.5. The van der Waals surface area contributed by atoms with Gasteiger partial charge in [0.15, 0.2) is 0 Å². The van der Waals surface area contributed by atoms with Gasteiger partial charge in [0.1, 0.15) is 11.9 Å². The summed E-state index contributed by atoms with van der Waals surface area (Å²) in [4.78, 5) is 12.3. The number of benzene rings is 3. The largest absolute Gasteiger partial charge is 0.368 e. The number of nitrogens with two attached hydrogens (primary N) is 1. The summed E-state index contributed by atoms with van der Waals surface area (Å²) in [5.41, 5.74) is 6.00. The summed E-state index contributed by atoms with van der Waals surface area (Å²) in [6.07, 6.45) is 0. The van der Waals surface area contributed by atoms with Crippen LogP contribution in [0.25, 0.3) is 0 Å². The smallest absolute Gasteiger partial charge is 0.244 e. The minimum Gasteiger partial charge on any atom is -0.368 e. The molecule has 0 fully saturated rings. The Bertz CT molecular complexity index is 1160. The zero-order valence-electron chi connectivity index (χ0n) is 15.5. The van der Waals surface area contributed by atoms with Gasteiger partial charge in [0.2, 0.25) is 15.9 Å². The second-order valence-electron chi connectivity index (χ2n) is 6.46. The van der Waals surface area contributed by atoms with Gasteiger partial charge in [-0.3, -0.25) is 4.79 Å². The first-order valence-electron chi connectivity index (χ1n) is 8.76. The number of amides is 1. The summed E-state index contributed by atoms with van der Waals surface area (Å²) in [7, 11) is -4.26. The van der Waals surface area contributed by atoms with Crippen LogP contribution in [0.3, 0.4) is 0 Å². The SMILES string of the molecule is NC(=O)[C@@H](c1ccccc1)N(Cc1ccc(Cl)cc1F)S(=O)(=O)c1ccc(Cl)cc1. The Balaban J connectivity index is 2.16. The maximum Gasteiger partial charge on any atom is 0.244 e. The summed E-state index contributed by atoms with van der Waals surface area (Å²) >= 11 is 11.7. The number of nitrogens with zero attached hydrogens (tertiary/aromatic N) is 1. The summed E-state index contributed by atoms with van der Waals surface area (Å²) in [5.74, 6) is -1.59. The molecule has 3 aromatic rings. The van der Waals surface area contributed by atoms with Gasteiger partial charge in [0, 0.05) is 22.2 Å². The number of carbonyl (C=O) groups excluding carboxylic acids is 1. The number of sulfonamides is 1. The Morgan fingerprint density at radius 2 is 1.57 bits per heavy atom. The van der Waals surface area contributed by atoms with E-state index in [9.17, 15) is 17.6 Å². The van der Waals surface area contributed by atoms with Crippen LogP contribution in [-0.2, 0) is 21.4 Å². The van der Waals surface area contributed by atoms with Crippen molar-refractivity contribution in [2.45, 2.75) is 17.5 Å². The third kappa shape index (κ3) is 4.82. The lowest BCUT2D eigenvalue weighted by atomic mass is 10.1. The molecule has 2 N–H and O–H groups in total. The van der Waals surface area contributed by atoms with Crippen LogP contribution in [0.15, 0.2) is 77.7 Å². The van der Waals surface area contributed by atoms with Crippen molar-refractivity contribution >= 4 is 39.1 Å². The van der Waals surface area contributed by atoms with E-state index in [0.29, 0.717) is 10.6 Å². The fourth-order valence-electron chi connectivity index (χ4n) is 2.98. The summed E-state index contributed by atoms with van der Waals surface area (Å²) in [6, 6.07) is 16.2. The van der Waals surface area contributed by atoms with Crippen molar-refractivity contribution in [2.75, 3.05) is 0 Å². The molecule has 0 aliphatic carbocycles. The van der Waals surface area contributed by atoms with Crippen molar-refractivity contribution in [3.8, 4) is 0 Å². The van der Waals surface area contributed by atoms with E-state index >= 15 is 0 Å². The van der Waals surface area contributed by atoms with Crippen molar-refractivity contribution in [3.05, 3.63) is 99.8 Å². The molecule has 0 spiro atoms. The quantitative estimate of drug-likeness (QED) is 0.554. The van der Waals surface area contributed by atoms with E-state index in [2.05, 4.69) is 0 Å². The monoisotopic (exact) mass is 466 g/mol. The van der Waals surface area contributed by atoms with E-state index in [1.54, 1.807) is 30.3 Å². The topological polar surface area (TPSA) is 80.5 Å². The summed E-state index contributed by atoms with van der Waals surface area (Å²) < 4.78 is 42.3. The molecule has 0 saturated carbocycles. The van der Waals surface area contributed by atoms with Crippen molar-refractivity contribution in [3.63, 3.8) is 0 Å². The fourth-order valence-corrected chi connectivity index (χ4v) is 4.83. The Morgan fingerprint density at radius 3 is 2.13 bits per heavy atom. The molecule has 1 atom stereocenters.